The molecule has 1 saturated heterocycles. The molecule has 0 N–H and O–H groups in total. The molecular formula is C23H14Cl4N2O2S. The average molecular weight is 524 g/mol. The molecule has 3 aromatic rings. The fourth-order valence-electron chi connectivity index (χ4n) is 4.16. The molecule has 4 nitrogen and oxygen atoms in total. The molecule has 2 aliphatic rings. The summed E-state index contributed by atoms with van der Waals surface area (Å²) in [4.78, 5) is 29.1. The molecule has 0 bridgehead atoms. The Balaban J connectivity index is 1.63. The SMILES string of the molecule is O=C1CS[C@]2(C(=O)N(Cc3ccc(Cl)c(Cl)c3)c3ccccc32)N1c1ccc(Cl)c(Cl)c1. The Kier molecular flexibility index (Phi) is 5.59. The predicted octanol–water partition coefficient (Wildman–Crippen LogP) is 6.78. The molecule has 3 aromatic carbocycles. The monoisotopic (exact) mass is 522 g/mol. The Labute approximate surface area is 209 Å². The number of hydrogen-bond donors (Lipinski definition) is 0. The number of anilines is 2. The van der Waals surface area contributed by atoms with Crippen LogP contribution in [0.25, 0.3) is 0 Å². The summed E-state index contributed by atoms with van der Waals surface area (Å²) in [6.07, 6.45) is 0. The molecule has 0 radical (unpaired) electrons. The Morgan fingerprint density at radius 2 is 1.53 bits per heavy atom. The van der Waals surface area contributed by atoms with E-state index in [0.29, 0.717) is 32.3 Å². The Morgan fingerprint density at radius 3 is 2.25 bits per heavy atom. The van der Waals surface area contributed by atoms with Gasteiger partial charge in [0.1, 0.15) is 0 Å². The summed E-state index contributed by atoms with van der Waals surface area (Å²) in [5, 5.41) is 1.56. The summed E-state index contributed by atoms with van der Waals surface area (Å²) in [7, 11) is 0. The first-order valence-corrected chi connectivity index (χ1v) is 12.1. The molecule has 162 valence electrons. The number of halogens is 4. The molecule has 2 heterocycles. The fraction of sp³-hybridized carbons (Fsp3) is 0.130. The highest BCUT2D eigenvalue weighted by molar-refractivity contribution is 8.02. The van der Waals surface area contributed by atoms with Crippen LogP contribution in [0, 0.1) is 0 Å². The minimum atomic E-state index is -1.22. The second kappa shape index (κ2) is 8.15. The Hall–Kier alpha value is -1.89. The summed E-state index contributed by atoms with van der Waals surface area (Å²) in [5.41, 5.74) is 2.85. The second-order valence-electron chi connectivity index (χ2n) is 7.42. The van der Waals surface area contributed by atoms with Gasteiger partial charge in [0.05, 0.1) is 38.1 Å². The van der Waals surface area contributed by atoms with Gasteiger partial charge in [0.25, 0.3) is 5.91 Å². The van der Waals surface area contributed by atoms with E-state index in [1.165, 1.54) is 16.7 Å². The van der Waals surface area contributed by atoms with Crippen LogP contribution < -0.4 is 9.80 Å². The lowest BCUT2D eigenvalue weighted by molar-refractivity contribution is -0.123. The third kappa shape index (κ3) is 3.30. The fourth-order valence-corrected chi connectivity index (χ4v) is 6.13. The van der Waals surface area contributed by atoms with Gasteiger partial charge in [-0.3, -0.25) is 14.5 Å². The van der Waals surface area contributed by atoms with Crippen molar-refractivity contribution < 1.29 is 9.59 Å². The minimum absolute atomic E-state index is 0.168. The van der Waals surface area contributed by atoms with Crippen molar-refractivity contribution >= 4 is 81.4 Å². The summed E-state index contributed by atoms with van der Waals surface area (Å²) < 4.78 is 0. The van der Waals surface area contributed by atoms with E-state index in [9.17, 15) is 9.59 Å². The zero-order chi connectivity index (χ0) is 22.6. The van der Waals surface area contributed by atoms with Crippen LogP contribution in [-0.4, -0.2) is 17.6 Å². The van der Waals surface area contributed by atoms with Crippen LogP contribution in [0.1, 0.15) is 11.1 Å². The third-order valence-corrected chi connectivity index (χ3v) is 8.41. The van der Waals surface area contributed by atoms with Crippen molar-refractivity contribution in [2.75, 3.05) is 15.6 Å². The van der Waals surface area contributed by atoms with Crippen molar-refractivity contribution in [2.24, 2.45) is 0 Å². The molecule has 1 fully saturated rings. The zero-order valence-corrected chi connectivity index (χ0v) is 20.2. The maximum absolute atomic E-state index is 14.0. The standard InChI is InChI=1S/C23H14Cl4N2O2S/c24-16-7-5-13(9-18(16)26)11-28-20-4-2-1-3-15(20)23(22(28)31)29(21(30)12-32-23)14-6-8-17(25)19(27)10-14/h1-10H,11-12H2/t23-/m1/s1. The van der Waals surface area contributed by atoms with Crippen molar-refractivity contribution in [3.8, 4) is 0 Å². The van der Waals surface area contributed by atoms with Crippen LogP contribution in [0.4, 0.5) is 11.4 Å². The van der Waals surface area contributed by atoms with E-state index in [2.05, 4.69) is 0 Å². The molecule has 0 unspecified atom stereocenters. The van der Waals surface area contributed by atoms with Gasteiger partial charge >= 0.3 is 0 Å². The van der Waals surface area contributed by atoms with E-state index < -0.39 is 4.87 Å². The van der Waals surface area contributed by atoms with Gasteiger partial charge < -0.3 is 4.90 Å². The quantitative estimate of drug-likeness (QED) is 0.380. The number of carbonyl (C=O) groups excluding carboxylic acids is 2. The first kappa shape index (κ1) is 21.9. The van der Waals surface area contributed by atoms with Gasteiger partial charge in [0, 0.05) is 11.3 Å². The minimum Gasteiger partial charge on any atom is -0.304 e. The van der Waals surface area contributed by atoms with E-state index in [1.54, 1.807) is 35.2 Å². The number of para-hydroxylation sites is 1. The molecule has 2 aliphatic heterocycles. The molecule has 1 spiro atoms. The van der Waals surface area contributed by atoms with Crippen LogP contribution >= 0.6 is 58.2 Å². The van der Waals surface area contributed by atoms with Crippen molar-refractivity contribution in [2.45, 2.75) is 11.4 Å². The lowest BCUT2D eigenvalue weighted by atomic mass is 10.0. The zero-order valence-electron chi connectivity index (χ0n) is 16.3. The van der Waals surface area contributed by atoms with Crippen molar-refractivity contribution in [3.63, 3.8) is 0 Å². The average Bonchev–Trinajstić information content (AvgIpc) is 3.24. The first-order chi connectivity index (χ1) is 15.3. The Morgan fingerprint density at radius 1 is 0.844 bits per heavy atom. The van der Waals surface area contributed by atoms with Gasteiger partial charge in [-0.2, -0.15) is 0 Å². The van der Waals surface area contributed by atoms with Crippen LogP contribution in [0.5, 0.6) is 0 Å². The van der Waals surface area contributed by atoms with Crippen molar-refractivity contribution in [1.82, 2.24) is 0 Å². The molecular weight excluding hydrogens is 510 g/mol. The highest BCUT2D eigenvalue weighted by Gasteiger charge is 2.60. The van der Waals surface area contributed by atoms with Crippen molar-refractivity contribution in [3.05, 3.63) is 91.9 Å². The smallest absolute Gasteiger partial charge is 0.269 e. The number of rotatable bonds is 3. The van der Waals surface area contributed by atoms with Crippen LogP contribution in [-0.2, 0) is 21.0 Å². The number of carbonyl (C=O) groups is 2. The predicted molar refractivity (Wildman–Crippen MR) is 132 cm³/mol. The number of thioether (sulfide) groups is 1. The van der Waals surface area contributed by atoms with E-state index in [4.69, 9.17) is 46.4 Å². The summed E-state index contributed by atoms with van der Waals surface area (Å²) >= 11 is 25.9. The topological polar surface area (TPSA) is 40.6 Å². The lowest BCUT2D eigenvalue weighted by Gasteiger charge is -2.33. The van der Waals surface area contributed by atoms with E-state index in [1.807, 2.05) is 30.3 Å². The molecule has 5 rings (SSSR count). The molecule has 0 aromatic heterocycles. The van der Waals surface area contributed by atoms with Gasteiger partial charge in [-0.25, -0.2) is 0 Å². The van der Waals surface area contributed by atoms with Crippen LogP contribution in [0.15, 0.2) is 60.7 Å². The molecule has 2 amide bonds. The summed E-state index contributed by atoms with van der Waals surface area (Å²) in [5.74, 6) is -0.208. The molecule has 0 saturated carbocycles. The number of fused-ring (bicyclic) bond motifs is 2. The van der Waals surface area contributed by atoms with Crippen molar-refractivity contribution in [1.29, 1.82) is 0 Å². The number of benzene rings is 3. The molecule has 0 aliphatic carbocycles. The third-order valence-electron chi connectivity index (χ3n) is 5.55. The maximum atomic E-state index is 14.0. The van der Waals surface area contributed by atoms with E-state index in [-0.39, 0.29) is 17.6 Å². The van der Waals surface area contributed by atoms with Gasteiger partial charge in [-0.1, -0.05) is 70.7 Å². The normalized spacial score (nSPS) is 19.9. The van der Waals surface area contributed by atoms with Gasteiger partial charge in [-0.05, 0) is 42.0 Å². The summed E-state index contributed by atoms with van der Waals surface area (Å²) in [6.45, 7) is 0.290. The highest BCUT2D eigenvalue weighted by atomic mass is 35.5. The first-order valence-electron chi connectivity index (χ1n) is 9.60. The van der Waals surface area contributed by atoms with Crippen LogP contribution in [0.3, 0.4) is 0 Å². The largest absolute Gasteiger partial charge is 0.304 e. The van der Waals surface area contributed by atoms with E-state index in [0.717, 1.165) is 16.8 Å². The van der Waals surface area contributed by atoms with E-state index >= 15 is 0 Å². The number of hydrogen-bond acceptors (Lipinski definition) is 3. The molecule has 1 atom stereocenters. The number of nitrogens with zero attached hydrogens (tertiary/aromatic N) is 2. The molecule has 9 heteroatoms. The van der Waals surface area contributed by atoms with Gasteiger partial charge in [0.2, 0.25) is 10.8 Å². The summed E-state index contributed by atoms with van der Waals surface area (Å²) in [6, 6.07) is 17.7. The van der Waals surface area contributed by atoms with Gasteiger partial charge in [-0.15, -0.1) is 11.8 Å². The molecule has 32 heavy (non-hydrogen) atoms. The number of amides is 2. The Bertz CT molecular complexity index is 1280. The second-order valence-corrected chi connectivity index (χ2v) is 10.2. The highest BCUT2D eigenvalue weighted by Crippen LogP contribution is 2.56. The maximum Gasteiger partial charge on any atom is 0.269 e. The van der Waals surface area contributed by atoms with Gasteiger partial charge in [0.15, 0.2) is 0 Å². The van der Waals surface area contributed by atoms with Crippen LogP contribution in [0.2, 0.25) is 20.1 Å². The lowest BCUT2D eigenvalue weighted by Crippen LogP contribution is -2.49.